The van der Waals surface area contributed by atoms with Gasteiger partial charge in [0, 0.05) is 0 Å². The lowest BCUT2D eigenvalue weighted by molar-refractivity contribution is 0.610. The summed E-state index contributed by atoms with van der Waals surface area (Å²) in [4.78, 5) is 3.94. The molecular weight excluding hydrogens is 181 g/mol. The van der Waals surface area contributed by atoms with E-state index in [9.17, 15) is 8.42 Å². The van der Waals surface area contributed by atoms with Crippen LogP contribution in [0.25, 0.3) is 0 Å². The molecule has 1 heterocycles. The summed E-state index contributed by atoms with van der Waals surface area (Å²) >= 11 is 1.10. The molecular formula is C5H6BNO2S2. The Morgan fingerprint density at radius 3 is 2.18 bits per heavy atom. The van der Waals surface area contributed by atoms with Crippen LogP contribution < -0.4 is 0 Å². The summed E-state index contributed by atoms with van der Waals surface area (Å²) in [6.07, 6.45) is 0. The number of rotatable bonds is 1. The van der Waals surface area contributed by atoms with E-state index in [1.54, 1.807) is 13.8 Å². The predicted octanol–water partition coefficient (Wildman–Crippen LogP) is 0.617. The van der Waals surface area contributed by atoms with Gasteiger partial charge in [-0.15, -0.1) is 11.3 Å². The molecule has 1 aromatic heterocycles. The Morgan fingerprint density at radius 2 is 2.00 bits per heavy atom. The van der Waals surface area contributed by atoms with Gasteiger partial charge in [0.2, 0.25) is 0 Å². The second-order valence-corrected chi connectivity index (χ2v) is 5.11. The third-order valence-corrected chi connectivity index (χ3v) is 3.75. The van der Waals surface area contributed by atoms with Crippen LogP contribution in [0.5, 0.6) is 0 Å². The predicted molar refractivity (Wildman–Crippen MR) is 44.5 cm³/mol. The molecule has 0 saturated carbocycles. The molecule has 11 heavy (non-hydrogen) atoms. The highest BCUT2D eigenvalue weighted by Crippen LogP contribution is 2.21. The van der Waals surface area contributed by atoms with Crippen molar-refractivity contribution < 1.29 is 8.42 Å². The second-order valence-electron chi connectivity index (χ2n) is 2.15. The largest absolute Gasteiger partial charge is 0.263 e. The molecule has 0 fully saturated rings. The lowest BCUT2D eigenvalue weighted by Crippen LogP contribution is -1.97. The molecule has 0 aliphatic heterocycles. The second kappa shape index (κ2) is 2.60. The Balaban J connectivity index is 3.36. The van der Waals surface area contributed by atoms with Crippen molar-refractivity contribution in [3.05, 3.63) is 10.7 Å². The highest BCUT2D eigenvalue weighted by molar-refractivity contribution is 8.13. The van der Waals surface area contributed by atoms with Gasteiger partial charge in [-0.2, -0.15) is 0 Å². The van der Waals surface area contributed by atoms with Crippen molar-refractivity contribution in [2.75, 3.05) is 0 Å². The SMILES string of the molecule is [B]S(=O)(=O)c1sc(C)nc1C. The third kappa shape index (κ3) is 1.81. The quantitative estimate of drug-likeness (QED) is 0.605. The lowest BCUT2D eigenvalue weighted by Gasteiger charge is -1.91. The Hall–Kier alpha value is -0.355. The van der Waals surface area contributed by atoms with Crippen molar-refractivity contribution in [1.82, 2.24) is 4.98 Å². The first-order valence-corrected chi connectivity index (χ1v) is 5.24. The van der Waals surface area contributed by atoms with Gasteiger partial charge in [-0.25, -0.2) is 13.4 Å². The van der Waals surface area contributed by atoms with Crippen molar-refractivity contribution in [2.24, 2.45) is 0 Å². The highest BCUT2D eigenvalue weighted by Gasteiger charge is 2.14. The van der Waals surface area contributed by atoms with Crippen LogP contribution in [-0.4, -0.2) is 20.5 Å². The maximum Gasteiger partial charge on any atom is 0.263 e. The van der Waals surface area contributed by atoms with Gasteiger partial charge >= 0.3 is 0 Å². The van der Waals surface area contributed by atoms with E-state index in [1.165, 1.54) is 0 Å². The molecule has 0 aromatic carbocycles. The number of nitrogens with zero attached hydrogens (tertiary/aromatic N) is 1. The van der Waals surface area contributed by atoms with Crippen LogP contribution in [0, 0.1) is 13.8 Å². The van der Waals surface area contributed by atoms with Crippen molar-refractivity contribution in [3.8, 4) is 0 Å². The standard InChI is InChI=1S/C5H6BNO2S2/c1-3-5(11(6,8)9)10-4(2)7-3/h1-2H3. The van der Waals surface area contributed by atoms with Crippen molar-refractivity contribution >= 4 is 28.1 Å². The molecule has 0 aliphatic carbocycles. The van der Waals surface area contributed by atoms with E-state index >= 15 is 0 Å². The maximum absolute atomic E-state index is 10.8. The van der Waals surface area contributed by atoms with E-state index in [-0.39, 0.29) is 4.21 Å². The van der Waals surface area contributed by atoms with E-state index < -0.39 is 9.69 Å². The number of hydrogen-bond acceptors (Lipinski definition) is 4. The van der Waals surface area contributed by atoms with Gasteiger partial charge in [-0.3, -0.25) is 0 Å². The smallest absolute Gasteiger partial charge is 0.246 e. The molecule has 3 nitrogen and oxygen atoms in total. The van der Waals surface area contributed by atoms with Crippen LogP contribution in [0.4, 0.5) is 0 Å². The summed E-state index contributed by atoms with van der Waals surface area (Å²) in [7, 11) is 1.36. The van der Waals surface area contributed by atoms with Gasteiger partial charge in [0.15, 0.2) is 0 Å². The van der Waals surface area contributed by atoms with E-state index in [1.807, 2.05) is 0 Å². The van der Waals surface area contributed by atoms with Gasteiger partial charge in [0.05, 0.1) is 10.7 Å². The fraction of sp³-hybridized carbons (Fsp3) is 0.400. The zero-order valence-corrected chi connectivity index (χ0v) is 7.79. The van der Waals surface area contributed by atoms with Crippen LogP contribution in [-0.2, 0) is 9.69 Å². The lowest BCUT2D eigenvalue weighted by atomic mass is 10.6. The maximum atomic E-state index is 10.8. The number of aryl methyl sites for hydroxylation is 2. The molecule has 0 N–H and O–H groups in total. The first kappa shape index (κ1) is 8.74. The first-order chi connectivity index (χ1) is 4.91. The topological polar surface area (TPSA) is 47.0 Å². The van der Waals surface area contributed by atoms with Crippen LogP contribution in [0.1, 0.15) is 10.7 Å². The minimum absolute atomic E-state index is 0.162. The Morgan fingerprint density at radius 1 is 1.45 bits per heavy atom. The van der Waals surface area contributed by atoms with Crippen LogP contribution in [0.15, 0.2) is 4.21 Å². The summed E-state index contributed by atoms with van der Waals surface area (Å²) in [5.41, 5.74) is 0.481. The van der Waals surface area contributed by atoms with Gasteiger partial charge < -0.3 is 0 Å². The van der Waals surface area contributed by atoms with Crippen molar-refractivity contribution in [3.63, 3.8) is 0 Å². The summed E-state index contributed by atoms with van der Waals surface area (Å²) in [6.45, 7) is 3.37. The normalized spacial score (nSPS) is 11.8. The van der Waals surface area contributed by atoms with Crippen molar-refractivity contribution in [2.45, 2.75) is 18.1 Å². The van der Waals surface area contributed by atoms with E-state index in [2.05, 4.69) is 4.98 Å². The molecule has 2 radical (unpaired) electrons. The summed E-state index contributed by atoms with van der Waals surface area (Å²) < 4.78 is 21.8. The Labute approximate surface area is 70.7 Å². The fourth-order valence-corrected chi connectivity index (χ4v) is 2.70. The Kier molecular flexibility index (Phi) is 2.07. The van der Waals surface area contributed by atoms with Gasteiger partial charge in [-0.05, 0) is 13.8 Å². The minimum Gasteiger partial charge on any atom is -0.246 e. The van der Waals surface area contributed by atoms with Gasteiger partial charge in [-0.1, -0.05) is 0 Å². The van der Waals surface area contributed by atoms with Crippen LogP contribution in [0.2, 0.25) is 0 Å². The molecule has 0 atom stereocenters. The zero-order chi connectivity index (χ0) is 8.65. The Bertz CT molecular complexity index is 368. The van der Waals surface area contributed by atoms with Crippen molar-refractivity contribution in [1.29, 1.82) is 0 Å². The molecule has 0 saturated heterocycles. The summed E-state index contributed by atoms with van der Waals surface area (Å²) in [5, 5.41) is 0.714. The van der Waals surface area contributed by atoms with Crippen LogP contribution >= 0.6 is 11.3 Å². The molecule has 1 rings (SSSR count). The third-order valence-electron chi connectivity index (χ3n) is 1.12. The number of thiazole rings is 1. The first-order valence-electron chi connectivity index (χ1n) is 2.88. The highest BCUT2D eigenvalue weighted by atomic mass is 32.2. The monoisotopic (exact) mass is 187 g/mol. The van der Waals surface area contributed by atoms with E-state index in [0.29, 0.717) is 10.7 Å². The molecule has 1 aromatic rings. The molecule has 0 unspecified atom stereocenters. The van der Waals surface area contributed by atoms with E-state index in [0.717, 1.165) is 11.3 Å². The minimum atomic E-state index is -3.56. The summed E-state index contributed by atoms with van der Waals surface area (Å²) in [5.74, 6) is 0. The number of hydrogen-bond donors (Lipinski definition) is 0. The molecule has 6 heteroatoms. The van der Waals surface area contributed by atoms with Crippen LogP contribution in [0.3, 0.4) is 0 Å². The molecule has 0 bridgehead atoms. The zero-order valence-electron chi connectivity index (χ0n) is 6.16. The van der Waals surface area contributed by atoms with E-state index in [4.69, 9.17) is 7.12 Å². The van der Waals surface area contributed by atoms with Gasteiger partial charge in [0.1, 0.15) is 13.9 Å². The fourth-order valence-electron chi connectivity index (χ4n) is 0.777. The average molecular weight is 187 g/mol. The molecule has 0 aliphatic rings. The summed E-state index contributed by atoms with van der Waals surface area (Å²) in [6, 6.07) is 0. The number of aromatic nitrogens is 1. The molecule has 58 valence electrons. The van der Waals surface area contributed by atoms with Gasteiger partial charge in [0.25, 0.3) is 7.12 Å². The molecule has 0 spiro atoms. The molecule has 0 amide bonds. The average Bonchev–Trinajstić information content (AvgIpc) is 2.08.